The zero-order valence-corrected chi connectivity index (χ0v) is 8.53. The summed E-state index contributed by atoms with van der Waals surface area (Å²) in [6.07, 6.45) is 9.12. The van der Waals surface area contributed by atoms with E-state index < -0.39 is 17.8 Å². The van der Waals surface area contributed by atoms with E-state index in [1.165, 1.54) is 0 Å². The van der Waals surface area contributed by atoms with Gasteiger partial charge in [0.2, 0.25) is 0 Å². The van der Waals surface area contributed by atoms with Crippen LogP contribution < -0.4 is 5.32 Å². The standard InChI is InChI=1S/C11H15NO3/c1-2-10(13)12-9-7-5-3-4-6-8(9)11(14)15/h1,8-9H,3-7H2,(H,12,13)(H,14,15). The van der Waals surface area contributed by atoms with Crippen LogP contribution >= 0.6 is 0 Å². The van der Waals surface area contributed by atoms with Crippen LogP contribution in [-0.2, 0) is 9.59 Å². The number of carboxylic acids is 1. The number of aliphatic carboxylic acids is 1. The summed E-state index contributed by atoms with van der Waals surface area (Å²) in [7, 11) is 0. The Morgan fingerprint density at radius 3 is 2.53 bits per heavy atom. The molecule has 0 bridgehead atoms. The van der Waals surface area contributed by atoms with E-state index >= 15 is 0 Å². The van der Waals surface area contributed by atoms with Crippen molar-refractivity contribution in [3.8, 4) is 12.3 Å². The number of amides is 1. The summed E-state index contributed by atoms with van der Waals surface area (Å²) in [4.78, 5) is 22.0. The predicted molar refractivity (Wildman–Crippen MR) is 55.0 cm³/mol. The van der Waals surface area contributed by atoms with E-state index in [1.54, 1.807) is 0 Å². The molecule has 2 unspecified atom stereocenters. The van der Waals surface area contributed by atoms with Crippen molar-refractivity contribution in [2.24, 2.45) is 5.92 Å². The van der Waals surface area contributed by atoms with Crippen LogP contribution in [0.15, 0.2) is 0 Å². The molecule has 0 aromatic heterocycles. The third kappa shape index (κ3) is 3.28. The number of terminal acetylenes is 1. The predicted octanol–water partition coefficient (Wildman–Crippen LogP) is 0.769. The Morgan fingerprint density at radius 1 is 1.27 bits per heavy atom. The molecule has 0 aromatic rings. The van der Waals surface area contributed by atoms with Crippen molar-refractivity contribution in [1.29, 1.82) is 0 Å². The Kier molecular flexibility index (Phi) is 4.17. The van der Waals surface area contributed by atoms with E-state index in [0.717, 1.165) is 19.3 Å². The first-order valence-corrected chi connectivity index (χ1v) is 5.15. The molecule has 0 aromatic carbocycles. The van der Waals surface area contributed by atoms with Crippen LogP contribution in [0.1, 0.15) is 32.1 Å². The third-order valence-corrected chi connectivity index (χ3v) is 2.78. The Balaban J connectivity index is 2.67. The van der Waals surface area contributed by atoms with Crippen LogP contribution in [0.3, 0.4) is 0 Å². The smallest absolute Gasteiger partial charge is 0.308 e. The zero-order chi connectivity index (χ0) is 11.3. The molecule has 0 spiro atoms. The molecule has 1 saturated carbocycles. The molecule has 0 heterocycles. The van der Waals surface area contributed by atoms with Gasteiger partial charge in [-0.15, -0.1) is 6.42 Å². The normalized spacial score (nSPS) is 26.1. The van der Waals surface area contributed by atoms with Gasteiger partial charge in [-0.2, -0.15) is 0 Å². The molecule has 1 aliphatic carbocycles. The highest BCUT2D eigenvalue weighted by Gasteiger charge is 2.30. The highest BCUT2D eigenvalue weighted by atomic mass is 16.4. The second-order valence-electron chi connectivity index (χ2n) is 3.81. The van der Waals surface area contributed by atoms with Crippen molar-refractivity contribution >= 4 is 11.9 Å². The van der Waals surface area contributed by atoms with Crippen molar-refractivity contribution in [1.82, 2.24) is 5.32 Å². The molecule has 0 radical (unpaired) electrons. The van der Waals surface area contributed by atoms with E-state index in [9.17, 15) is 9.59 Å². The summed E-state index contributed by atoms with van der Waals surface area (Å²) < 4.78 is 0. The van der Waals surface area contributed by atoms with E-state index in [2.05, 4.69) is 5.32 Å². The molecule has 2 atom stereocenters. The van der Waals surface area contributed by atoms with Crippen LogP contribution in [0.4, 0.5) is 0 Å². The topological polar surface area (TPSA) is 66.4 Å². The first-order chi connectivity index (χ1) is 7.15. The molecule has 1 aliphatic rings. The Labute approximate surface area is 89.0 Å². The molecule has 15 heavy (non-hydrogen) atoms. The molecule has 1 amide bonds. The summed E-state index contributed by atoms with van der Waals surface area (Å²) in [5, 5.41) is 11.6. The molecule has 4 nitrogen and oxygen atoms in total. The van der Waals surface area contributed by atoms with Gasteiger partial charge in [-0.3, -0.25) is 9.59 Å². The average molecular weight is 209 g/mol. The largest absolute Gasteiger partial charge is 0.481 e. The minimum Gasteiger partial charge on any atom is -0.481 e. The van der Waals surface area contributed by atoms with Crippen molar-refractivity contribution < 1.29 is 14.7 Å². The maximum Gasteiger partial charge on any atom is 0.308 e. The minimum atomic E-state index is -0.848. The fourth-order valence-electron chi connectivity index (χ4n) is 1.99. The van der Waals surface area contributed by atoms with Crippen LogP contribution in [0.5, 0.6) is 0 Å². The Bertz CT molecular complexity index is 293. The molecule has 0 saturated heterocycles. The van der Waals surface area contributed by atoms with E-state index in [-0.39, 0.29) is 6.04 Å². The van der Waals surface area contributed by atoms with Gasteiger partial charge < -0.3 is 10.4 Å². The van der Waals surface area contributed by atoms with E-state index in [0.29, 0.717) is 12.8 Å². The molecule has 82 valence electrons. The number of carbonyl (C=O) groups is 2. The first-order valence-electron chi connectivity index (χ1n) is 5.15. The number of carboxylic acid groups (broad SMARTS) is 1. The lowest BCUT2D eigenvalue weighted by Gasteiger charge is -2.21. The number of nitrogens with one attached hydrogen (secondary N) is 1. The lowest BCUT2D eigenvalue weighted by molar-refractivity contribution is -0.143. The van der Waals surface area contributed by atoms with Crippen molar-refractivity contribution in [2.75, 3.05) is 0 Å². The number of carbonyl (C=O) groups excluding carboxylic acids is 1. The second kappa shape index (κ2) is 5.40. The second-order valence-corrected chi connectivity index (χ2v) is 3.81. The van der Waals surface area contributed by atoms with Gasteiger partial charge in [0.15, 0.2) is 0 Å². The molecule has 1 fully saturated rings. The molecular formula is C11H15NO3. The summed E-state index contributed by atoms with van der Waals surface area (Å²) in [6.45, 7) is 0. The average Bonchev–Trinajstić information content (AvgIpc) is 2.43. The van der Waals surface area contributed by atoms with Gasteiger partial charge >= 0.3 is 5.97 Å². The highest BCUT2D eigenvalue weighted by molar-refractivity contribution is 5.93. The van der Waals surface area contributed by atoms with E-state index in [4.69, 9.17) is 11.5 Å². The van der Waals surface area contributed by atoms with Crippen molar-refractivity contribution in [3.05, 3.63) is 0 Å². The van der Waals surface area contributed by atoms with Crippen molar-refractivity contribution in [3.63, 3.8) is 0 Å². The van der Waals surface area contributed by atoms with Crippen LogP contribution in [0.25, 0.3) is 0 Å². The molecule has 0 aliphatic heterocycles. The van der Waals surface area contributed by atoms with Crippen LogP contribution in [-0.4, -0.2) is 23.0 Å². The monoisotopic (exact) mass is 209 g/mol. The Morgan fingerprint density at radius 2 is 1.93 bits per heavy atom. The third-order valence-electron chi connectivity index (χ3n) is 2.78. The maximum atomic E-state index is 11.0. The fourth-order valence-corrected chi connectivity index (χ4v) is 1.99. The molecule has 2 N–H and O–H groups in total. The first kappa shape index (κ1) is 11.6. The fraction of sp³-hybridized carbons (Fsp3) is 0.636. The zero-order valence-electron chi connectivity index (χ0n) is 8.53. The summed E-state index contributed by atoms with van der Waals surface area (Å²) in [5.41, 5.74) is 0. The lowest BCUT2D eigenvalue weighted by atomic mass is 9.95. The molecule has 1 rings (SSSR count). The molecule has 4 heteroatoms. The maximum absolute atomic E-state index is 11.0. The van der Waals surface area contributed by atoms with Gasteiger partial charge in [-0.05, 0) is 18.8 Å². The van der Waals surface area contributed by atoms with Gasteiger partial charge in [-0.1, -0.05) is 19.3 Å². The Hall–Kier alpha value is -1.50. The van der Waals surface area contributed by atoms with E-state index in [1.807, 2.05) is 5.92 Å². The molecular weight excluding hydrogens is 194 g/mol. The van der Waals surface area contributed by atoms with Gasteiger partial charge in [0.1, 0.15) is 0 Å². The van der Waals surface area contributed by atoms with Gasteiger partial charge in [0.05, 0.1) is 5.92 Å². The van der Waals surface area contributed by atoms with Gasteiger partial charge in [0.25, 0.3) is 5.91 Å². The number of hydrogen-bond acceptors (Lipinski definition) is 2. The van der Waals surface area contributed by atoms with Gasteiger partial charge in [-0.25, -0.2) is 0 Å². The van der Waals surface area contributed by atoms with Crippen LogP contribution in [0.2, 0.25) is 0 Å². The lowest BCUT2D eigenvalue weighted by Crippen LogP contribution is -2.42. The van der Waals surface area contributed by atoms with Gasteiger partial charge in [0, 0.05) is 6.04 Å². The number of rotatable bonds is 2. The minimum absolute atomic E-state index is 0.312. The van der Waals surface area contributed by atoms with Crippen molar-refractivity contribution in [2.45, 2.75) is 38.1 Å². The quantitative estimate of drug-likeness (QED) is 0.521. The summed E-state index contributed by atoms with van der Waals surface area (Å²) in [5.74, 6) is 0.0854. The SMILES string of the molecule is C#CC(=O)NC1CCCCCC1C(=O)O. The van der Waals surface area contributed by atoms with Crippen LogP contribution in [0, 0.1) is 18.3 Å². The summed E-state index contributed by atoms with van der Waals surface area (Å²) in [6, 6.07) is -0.312. The number of hydrogen-bond donors (Lipinski definition) is 2. The summed E-state index contributed by atoms with van der Waals surface area (Å²) >= 11 is 0. The highest BCUT2D eigenvalue weighted by Crippen LogP contribution is 2.23.